The lowest BCUT2D eigenvalue weighted by Gasteiger charge is -2.11. The first kappa shape index (κ1) is 14.7. The SMILES string of the molecule is Cc1noc(C(C)NS(=O)(=O)Cc2ccccc2C)n1. The Morgan fingerprint density at radius 1 is 1.30 bits per heavy atom. The lowest BCUT2D eigenvalue weighted by atomic mass is 10.1. The molecule has 1 aromatic heterocycles. The maximum atomic E-state index is 12.1. The fourth-order valence-electron chi connectivity index (χ4n) is 1.83. The first-order valence-corrected chi connectivity index (χ1v) is 7.87. The van der Waals surface area contributed by atoms with Crippen LogP contribution in [0, 0.1) is 13.8 Å². The van der Waals surface area contributed by atoms with E-state index in [4.69, 9.17) is 4.52 Å². The summed E-state index contributed by atoms with van der Waals surface area (Å²) in [6, 6.07) is 6.84. The van der Waals surface area contributed by atoms with E-state index in [-0.39, 0.29) is 11.6 Å². The smallest absolute Gasteiger partial charge is 0.244 e. The van der Waals surface area contributed by atoms with Crippen LogP contribution >= 0.6 is 0 Å². The van der Waals surface area contributed by atoms with Crippen molar-refractivity contribution in [1.82, 2.24) is 14.9 Å². The van der Waals surface area contributed by atoms with Crippen molar-refractivity contribution >= 4 is 10.0 Å². The molecule has 6 nitrogen and oxygen atoms in total. The highest BCUT2D eigenvalue weighted by atomic mass is 32.2. The Morgan fingerprint density at radius 3 is 2.60 bits per heavy atom. The highest BCUT2D eigenvalue weighted by Gasteiger charge is 2.21. The summed E-state index contributed by atoms with van der Waals surface area (Å²) in [5.74, 6) is 0.665. The summed E-state index contributed by atoms with van der Waals surface area (Å²) >= 11 is 0. The van der Waals surface area contributed by atoms with Crippen LogP contribution in [-0.4, -0.2) is 18.6 Å². The van der Waals surface area contributed by atoms with Gasteiger partial charge in [0.2, 0.25) is 15.9 Å². The minimum absolute atomic E-state index is 0.0723. The summed E-state index contributed by atoms with van der Waals surface area (Å²) in [6.07, 6.45) is 0. The molecule has 1 atom stereocenters. The largest absolute Gasteiger partial charge is 0.338 e. The van der Waals surface area contributed by atoms with Crippen LogP contribution in [0.5, 0.6) is 0 Å². The molecule has 0 amide bonds. The van der Waals surface area contributed by atoms with Crippen LogP contribution in [0.1, 0.15) is 35.8 Å². The second kappa shape index (κ2) is 5.72. The van der Waals surface area contributed by atoms with Crippen molar-refractivity contribution in [2.45, 2.75) is 32.6 Å². The Bertz CT molecular complexity index is 694. The fraction of sp³-hybridized carbons (Fsp3) is 0.385. The Labute approximate surface area is 118 Å². The van der Waals surface area contributed by atoms with Crippen molar-refractivity contribution in [2.24, 2.45) is 0 Å². The number of aryl methyl sites for hydroxylation is 2. The third kappa shape index (κ3) is 3.64. The van der Waals surface area contributed by atoms with Gasteiger partial charge in [0.05, 0.1) is 11.8 Å². The van der Waals surface area contributed by atoms with E-state index in [0.29, 0.717) is 5.82 Å². The number of sulfonamides is 1. The first-order valence-electron chi connectivity index (χ1n) is 6.22. The highest BCUT2D eigenvalue weighted by Crippen LogP contribution is 2.15. The molecule has 20 heavy (non-hydrogen) atoms. The minimum Gasteiger partial charge on any atom is -0.338 e. The average Bonchev–Trinajstić information content (AvgIpc) is 2.78. The van der Waals surface area contributed by atoms with E-state index in [1.807, 2.05) is 25.1 Å². The van der Waals surface area contributed by atoms with Gasteiger partial charge in [-0.1, -0.05) is 29.4 Å². The summed E-state index contributed by atoms with van der Waals surface area (Å²) in [4.78, 5) is 4.01. The van der Waals surface area contributed by atoms with Gasteiger partial charge >= 0.3 is 0 Å². The van der Waals surface area contributed by atoms with Crippen molar-refractivity contribution in [1.29, 1.82) is 0 Å². The van der Waals surface area contributed by atoms with E-state index in [1.54, 1.807) is 19.9 Å². The third-order valence-electron chi connectivity index (χ3n) is 2.88. The number of hydrogen-bond donors (Lipinski definition) is 1. The summed E-state index contributed by atoms with van der Waals surface area (Å²) in [5.41, 5.74) is 1.72. The first-order chi connectivity index (χ1) is 9.37. The van der Waals surface area contributed by atoms with E-state index in [9.17, 15) is 8.42 Å². The zero-order valence-electron chi connectivity index (χ0n) is 11.6. The molecule has 7 heteroatoms. The molecule has 1 aromatic carbocycles. The number of nitrogens with one attached hydrogen (secondary N) is 1. The standard InChI is InChI=1S/C13H17N3O3S/c1-9-6-4-5-7-12(9)8-20(17,18)16-10(2)13-14-11(3)15-19-13/h4-7,10,16H,8H2,1-3H3. The maximum absolute atomic E-state index is 12.1. The van der Waals surface area contributed by atoms with Crippen LogP contribution < -0.4 is 4.72 Å². The molecule has 0 aliphatic rings. The van der Waals surface area contributed by atoms with E-state index < -0.39 is 16.1 Å². The van der Waals surface area contributed by atoms with Crippen LogP contribution in [-0.2, 0) is 15.8 Å². The van der Waals surface area contributed by atoms with Crippen molar-refractivity contribution in [3.8, 4) is 0 Å². The zero-order chi connectivity index (χ0) is 14.8. The van der Waals surface area contributed by atoms with Gasteiger partial charge in [0.1, 0.15) is 0 Å². The van der Waals surface area contributed by atoms with Crippen molar-refractivity contribution in [3.63, 3.8) is 0 Å². The van der Waals surface area contributed by atoms with Gasteiger partial charge in [0.15, 0.2) is 5.82 Å². The molecule has 0 aliphatic heterocycles. The molecule has 0 aliphatic carbocycles. The Balaban J connectivity index is 2.10. The van der Waals surface area contributed by atoms with Crippen molar-refractivity contribution in [3.05, 3.63) is 47.1 Å². The Kier molecular flexibility index (Phi) is 4.20. The zero-order valence-corrected chi connectivity index (χ0v) is 12.4. The number of nitrogens with zero attached hydrogens (tertiary/aromatic N) is 2. The molecule has 1 N–H and O–H groups in total. The fourth-order valence-corrected chi connectivity index (χ4v) is 3.28. The summed E-state index contributed by atoms with van der Waals surface area (Å²) in [6.45, 7) is 5.24. The van der Waals surface area contributed by atoms with E-state index in [0.717, 1.165) is 11.1 Å². The predicted molar refractivity (Wildman–Crippen MR) is 74.4 cm³/mol. The molecular weight excluding hydrogens is 278 g/mol. The number of hydrogen-bond acceptors (Lipinski definition) is 5. The number of rotatable bonds is 5. The van der Waals surface area contributed by atoms with Crippen LogP contribution in [0.15, 0.2) is 28.8 Å². The number of benzene rings is 1. The molecule has 108 valence electrons. The minimum atomic E-state index is -3.47. The maximum Gasteiger partial charge on any atom is 0.244 e. The molecule has 0 saturated heterocycles. The monoisotopic (exact) mass is 295 g/mol. The molecule has 1 unspecified atom stereocenters. The van der Waals surface area contributed by atoms with Crippen LogP contribution in [0.3, 0.4) is 0 Å². The van der Waals surface area contributed by atoms with Gasteiger partial charge in [0.25, 0.3) is 0 Å². The lowest BCUT2D eigenvalue weighted by Crippen LogP contribution is -2.28. The number of aromatic nitrogens is 2. The molecule has 2 rings (SSSR count). The van der Waals surface area contributed by atoms with Gasteiger partial charge in [-0.3, -0.25) is 0 Å². The molecule has 0 saturated carbocycles. The van der Waals surface area contributed by atoms with E-state index >= 15 is 0 Å². The van der Waals surface area contributed by atoms with Gasteiger partial charge in [-0.15, -0.1) is 0 Å². The van der Waals surface area contributed by atoms with E-state index in [2.05, 4.69) is 14.9 Å². The van der Waals surface area contributed by atoms with Crippen LogP contribution in [0.2, 0.25) is 0 Å². The molecular formula is C13H17N3O3S. The highest BCUT2D eigenvalue weighted by molar-refractivity contribution is 7.88. The molecule has 0 radical (unpaired) electrons. The summed E-state index contributed by atoms with van der Waals surface area (Å²) in [7, 11) is -3.47. The Morgan fingerprint density at radius 2 is 2.00 bits per heavy atom. The molecule has 0 fully saturated rings. The van der Waals surface area contributed by atoms with Crippen molar-refractivity contribution in [2.75, 3.05) is 0 Å². The van der Waals surface area contributed by atoms with E-state index in [1.165, 1.54) is 0 Å². The van der Waals surface area contributed by atoms with Gasteiger partial charge in [0, 0.05) is 0 Å². The molecule has 0 bridgehead atoms. The van der Waals surface area contributed by atoms with Gasteiger partial charge in [-0.25, -0.2) is 13.1 Å². The quantitative estimate of drug-likeness (QED) is 0.910. The molecule has 2 aromatic rings. The van der Waals surface area contributed by atoms with Crippen LogP contribution in [0.25, 0.3) is 0 Å². The average molecular weight is 295 g/mol. The van der Waals surface area contributed by atoms with Gasteiger partial charge in [-0.05, 0) is 31.9 Å². The normalized spacial score (nSPS) is 13.3. The topological polar surface area (TPSA) is 85.1 Å². The molecule has 1 heterocycles. The summed E-state index contributed by atoms with van der Waals surface area (Å²) < 4.78 is 31.8. The summed E-state index contributed by atoms with van der Waals surface area (Å²) in [5, 5.41) is 3.64. The van der Waals surface area contributed by atoms with Gasteiger partial charge in [-0.2, -0.15) is 4.98 Å². The second-order valence-corrected chi connectivity index (χ2v) is 6.46. The predicted octanol–water partition coefficient (Wildman–Crippen LogP) is 1.87. The Hall–Kier alpha value is -1.73. The third-order valence-corrected chi connectivity index (χ3v) is 4.28. The van der Waals surface area contributed by atoms with Crippen LogP contribution in [0.4, 0.5) is 0 Å². The molecule has 0 spiro atoms. The van der Waals surface area contributed by atoms with Gasteiger partial charge < -0.3 is 4.52 Å². The lowest BCUT2D eigenvalue weighted by molar-refractivity contribution is 0.350. The second-order valence-electron chi connectivity index (χ2n) is 4.70. The van der Waals surface area contributed by atoms with Crippen molar-refractivity contribution < 1.29 is 12.9 Å².